The molecule has 1 nitrogen and oxygen atoms in total. The standard InChI is InChI=1S/C6H6N.B.Y/c7-6-4-2-1-3-5-6;;/h1-5,7H;;/q-1;;. The van der Waals surface area contributed by atoms with Crippen molar-refractivity contribution in [3.05, 3.63) is 36.1 Å². The summed E-state index contributed by atoms with van der Waals surface area (Å²) < 4.78 is 0. The normalized spacial score (nSPS) is 6.67. The van der Waals surface area contributed by atoms with Crippen LogP contribution in [0.3, 0.4) is 0 Å². The molecule has 0 aliphatic rings. The van der Waals surface area contributed by atoms with Crippen molar-refractivity contribution < 1.29 is 32.7 Å². The Morgan fingerprint density at radius 2 is 1.44 bits per heavy atom. The van der Waals surface area contributed by atoms with E-state index in [4.69, 9.17) is 5.73 Å². The summed E-state index contributed by atoms with van der Waals surface area (Å²) in [6.07, 6.45) is 0. The molecule has 0 bridgehead atoms. The van der Waals surface area contributed by atoms with Gasteiger partial charge in [-0.05, 0) is 0 Å². The third-order valence-electron chi connectivity index (χ3n) is 0.774. The first-order valence-corrected chi connectivity index (χ1v) is 2.16. The first-order valence-electron chi connectivity index (χ1n) is 2.16. The zero-order valence-corrected chi connectivity index (χ0v) is 7.88. The fraction of sp³-hybridized carbons (Fsp3) is 0. The number of rotatable bonds is 0. The molecule has 4 radical (unpaired) electrons. The van der Waals surface area contributed by atoms with Crippen LogP contribution in [0.2, 0.25) is 0 Å². The molecule has 0 spiro atoms. The summed E-state index contributed by atoms with van der Waals surface area (Å²) in [6.45, 7) is 0. The molecule has 0 fully saturated rings. The van der Waals surface area contributed by atoms with Gasteiger partial charge in [0.1, 0.15) is 0 Å². The largest absolute Gasteiger partial charge is 0.699 e. The fourth-order valence-corrected chi connectivity index (χ4v) is 0.438. The molecular weight excluding hydrogens is 186 g/mol. The summed E-state index contributed by atoms with van der Waals surface area (Å²) in [4.78, 5) is 0. The van der Waals surface area contributed by atoms with E-state index in [1.807, 2.05) is 18.2 Å². The summed E-state index contributed by atoms with van der Waals surface area (Å²) in [5, 5.41) is 0. The van der Waals surface area contributed by atoms with Crippen molar-refractivity contribution in [2.45, 2.75) is 0 Å². The molecule has 0 unspecified atom stereocenters. The number of hydrogen-bond acceptors (Lipinski definition) is 0. The Balaban J connectivity index is 0. The van der Waals surface area contributed by atoms with Gasteiger partial charge in [-0.1, -0.05) is 30.3 Å². The van der Waals surface area contributed by atoms with Crippen molar-refractivity contribution in [1.29, 1.82) is 0 Å². The molecule has 1 aromatic carbocycles. The maximum absolute atomic E-state index is 7.00. The molecule has 0 saturated heterocycles. The van der Waals surface area contributed by atoms with Crippen LogP contribution in [0.5, 0.6) is 0 Å². The van der Waals surface area contributed by atoms with Crippen molar-refractivity contribution in [1.82, 2.24) is 0 Å². The van der Waals surface area contributed by atoms with Gasteiger partial charge in [0.25, 0.3) is 0 Å². The summed E-state index contributed by atoms with van der Waals surface area (Å²) in [5.41, 5.74) is 7.57. The predicted octanol–water partition coefficient (Wildman–Crippen LogP) is 1.99. The Kier molecular flexibility index (Phi) is 8.36. The number of nitrogens with one attached hydrogen (secondary N) is 1. The summed E-state index contributed by atoms with van der Waals surface area (Å²) in [7, 11) is 0. The Morgan fingerprint density at radius 3 is 1.67 bits per heavy atom. The Morgan fingerprint density at radius 1 is 1.00 bits per heavy atom. The van der Waals surface area contributed by atoms with Gasteiger partial charge in [0.2, 0.25) is 0 Å². The van der Waals surface area contributed by atoms with Crippen LogP contribution in [0.4, 0.5) is 5.69 Å². The molecule has 0 saturated carbocycles. The van der Waals surface area contributed by atoms with Gasteiger partial charge >= 0.3 is 0 Å². The molecule has 1 aromatic rings. The van der Waals surface area contributed by atoms with Gasteiger partial charge < -0.3 is 5.73 Å². The van der Waals surface area contributed by atoms with Crippen molar-refractivity contribution in [2.24, 2.45) is 0 Å². The molecule has 0 amide bonds. The molecule has 1 rings (SSSR count). The SMILES string of the molecule is [B].[NH-]c1ccccc1.[Y]. The van der Waals surface area contributed by atoms with Gasteiger partial charge in [0, 0.05) is 41.1 Å². The van der Waals surface area contributed by atoms with Crippen molar-refractivity contribution in [3.63, 3.8) is 0 Å². The van der Waals surface area contributed by atoms with Crippen LogP contribution in [0.1, 0.15) is 0 Å². The zero-order valence-electron chi connectivity index (χ0n) is 5.04. The smallest absolute Gasteiger partial charge is 0 e. The van der Waals surface area contributed by atoms with Gasteiger partial charge in [0.05, 0.1) is 0 Å². The third kappa shape index (κ3) is 4.68. The average Bonchev–Trinajstić information content (AvgIpc) is 1.69. The molecule has 0 aromatic heterocycles. The van der Waals surface area contributed by atoms with Crippen LogP contribution in [0.15, 0.2) is 30.3 Å². The van der Waals surface area contributed by atoms with E-state index in [0.29, 0.717) is 5.69 Å². The molecule has 0 heterocycles. The Labute approximate surface area is 82.5 Å². The van der Waals surface area contributed by atoms with E-state index >= 15 is 0 Å². The van der Waals surface area contributed by atoms with Gasteiger partial charge in [-0.15, -0.1) is 5.69 Å². The Hall–Kier alpha value is 0.189. The number of benzene rings is 1. The summed E-state index contributed by atoms with van der Waals surface area (Å²) in [5.74, 6) is 0. The van der Waals surface area contributed by atoms with Crippen LogP contribution < -0.4 is 0 Å². The molecule has 42 valence electrons. The summed E-state index contributed by atoms with van der Waals surface area (Å²) >= 11 is 0. The average molecular weight is 192 g/mol. The van der Waals surface area contributed by atoms with Gasteiger partial charge in [-0.2, -0.15) is 0 Å². The minimum absolute atomic E-state index is 0. The molecule has 1 N–H and O–H groups in total. The second kappa shape index (κ2) is 6.31. The van der Waals surface area contributed by atoms with Gasteiger partial charge in [0.15, 0.2) is 0 Å². The van der Waals surface area contributed by atoms with Crippen molar-refractivity contribution in [3.8, 4) is 0 Å². The van der Waals surface area contributed by atoms with Crippen molar-refractivity contribution >= 4 is 14.1 Å². The molecule has 3 heteroatoms. The van der Waals surface area contributed by atoms with E-state index in [1.54, 1.807) is 12.1 Å². The van der Waals surface area contributed by atoms with E-state index < -0.39 is 0 Å². The molecule has 0 atom stereocenters. The first-order chi connectivity index (χ1) is 3.39. The Bertz CT molecular complexity index is 143. The number of hydrogen-bond donors (Lipinski definition) is 0. The van der Waals surface area contributed by atoms with E-state index in [2.05, 4.69) is 0 Å². The minimum Gasteiger partial charge on any atom is -0.699 e. The van der Waals surface area contributed by atoms with Crippen LogP contribution in [0, 0.1) is 0 Å². The minimum atomic E-state index is 0. The van der Waals surface area contributed by atoms with E-state index in [-0.39, 0.29) is 41.1 Å². The predicted molar refractivity (Wildman–Crippen MR) is 36.2 cm³/mol. The molecule has 0 aliphatic carbocycles. The fourth-order valence-electron chi connectivity index (χ4n) is 0.438. The van der Waals surface area contributed by atoms with E-state index in [0.717, 1.165) is 0 Å². The van der Waals surface area contributed by atoms with Gasteiger partial charge in [-0.3, -0.25) is 0 Å². The van der Waals surface area contributed by atoms with Crippen LogP contribution in [-0.2, 0) is 32.7 Å². The first kappa shape index (κ1) is 11.9. The monoisotopic (exact) mass is 192 g/mol. The van der Waals surface area contributed by atoms with Crippen LogP contribution in [-0.4, -0.2) is 8.41 Å². The van der Waals surface area contributed by atoms with E-state index in [9.17, 15) is 0 Å². The van der Waals surface area contributed by atoms with Gasteiger partial charge in [-0.25, -0.2) is 0 Å². The maximum atomic E-state index is 7.00. The van der Waals surface area contributed by atoms with Crippen LogP contribution in [0.25, 0.3) is 5.73 Å². The third-order valence-corrected chi connectivity index (χ3v) is 0.774. The quantitative estimate of drug-likeness (QED) is 0.561. The summed E-state index contributed by atoms with van der Waals surface area (Å²) in [6, 6.07) is 9.10. The second-order valence-electron chi connectivity index (χ2n) is 1.37. The van der Waals surface area contributed by atoms with Crippen LogP contribution >= 0.6 is 0 Å². The van der Waals surface area contributed by atoms with E-state index in [1.165, 1.54) is 0 Å². The van der Waals surface area contributed by atoms with Crippen molar-refractivity contribution in [2.75, 3.05) is 0 Å². The maximum Gasteiger partial charge on any atom is 0 e. The topological polar surface area (TPSA) is 23.8 Å². The molecular formula is C6H6BNY-. The molecule has 0 aliphatic heterocycles. The zero-order chi connectivity index (χ0) is 5.11. The second-order valence-corrected chi connectivity index (χ2v) is 1.37. The molecule has 9 heavy (non-hydrogen) atoms.